The molecule has 0 aliphatic rings. The molecule has 0 unspecified atom stereocenters. The Hall–Kier alpha value is -3.94. The van der Waals surface area contributed by atoms with Crippen LogP contribution in [0.15, 0.2) is 119 Å². The van der Waals surface area contributed by atoms with Gasteiger partial charge in [-0.3, -0.25) is 0 Å². The third-order valence-electron chi connectivity index (χ3n) is 7.01. The molecule has 0 fully saturated rings. The molecule has 0 radical (unpaired) electrons. The minimum Gasteiger partial charge on any atom is -0.398 e. The number of nitrogen functional groups attached to an aromatic ring is 1. The maximum atomic E-state index is 6.72. The lowest BCUT2D eigenvalue weighted by Crippen LogP contribution is -2.38. The van der Waals surface area contributed by atoms with Crippen molar-refractivity contribution in [3.63, 3.8) is 0 Å². The highest BCUT2D eigenvalue weighted by molar-refractivity contribution is 9.10. The summed E-state index contributed by atoms with van der Waals surface area (Å²) in [6.07, 6.45) is 0. The summed E-state index contributed by atoms with van der Waals surface area (Å²) in [4.78, 5) is 6.54. The molecule has 38 heavy (non-hydrogen) atoms. The maximum Gasteiger partial charge on any atom is 0.139 e. The van der Waals surface area contributed by atoms with Crippen LogP contribution in [0.5, 0.6) is 0 Å². The molecule has 0 spiro atoms. The van der Waals surface area contributed by atoms with E-state index in [0.29, 0.717) is 6.54 Å². The topological polar surface area (TPSA) is 60.0 Å². The zero-order valence-corrected chi connectivity index (χ0v) is 23.2. The fraction of sp³-hybridized carbons (Fsp3) is 0.0968. The van der Waals surface area contributed by atoms with Gasteiger partial charge in [-0.2, -0.15) is 5.10 Å². The number of anilines is 2. The lowest BCUT2D eigenvalue weighted by Gasteiger charge is -2.37. The molecule has 0 aliphatic heterocycles. The number of benzene rings is 4. The molecule has 2 N–H and O–H groups in total. The first kappa shape index (κ1) is 24.4. The molecule has 0 atom stereocenters. The quantitative estimate of drug-likeness (QED) is 0.159. The van der Waals surface area contributed by atoms with Gasteiger partial charge in [0, 0.05) is 30.0 Å². The number of nitrogens with two attached hydrogens (primary N) is 1. The molecular weight excluding hydrogens is 554 g/mol. The molecule has 2 aromatic heterocycles. The summed E-state index contributed by atoms with van der Waals surface area (Å²) < 4.78 is 2.90. The Labute approximate surface area is 234 Å². The first-order valence-electron chi connectivity index (χ1n) is 12.3. The highest BCUT2D eigenvalue weighted by Crippen LogP contribution is 2.44. The Bertz CT molecular complexity index is 1570. The highest BCUT2D eigenvalue weighted by atomic mass is 79.9. The molecule has 188 valence electrons. The van der Waals surface area contributed by atoms with Crippen molar-refractivity contribution in [2.75, 3.05) is 17.7 Å². The van der Waals surface area contributed by atoms with Gasteiger partial charge in [-0.15, -0.1) is 11.3 Å². The second-order valence-electron chi connectivity index (χ2n) is 9.28. The van der Waals surface area contributed by atoms with E-state index in [0.717, 1.165) is 49.3 Å². The van der Waals surface area contributed by atoms with E-state index in [4.69, 9.17) is 10.8 Å². The van der Waals surface area contributed by atoms with Crippen LogP contribution in [0, 0.1) is 0 Å². The van der Waals surface area contributed by atoms with Crippen LogP contribution in [0.2, 0.25) is 0 Å². The second kappa shape index (κ2) is 10.1. The smallest absolute Gasteiger partial charge is 0.139 e. The largest absolute Gasteiger partial charge is 0.398 e. The number of halogens is 1. The van der Waals surface area contributed by atoms with Crippen LogP contribution in [0.25, 0.3) is 10.9 Å². The Balaban J connectivity index is 1.62. The van der Waals surface area contributed by atoms with Crippen LogP contribution in [0.3, 0.4) is 0 Å². The standard InChI is InChI=1S/C31H26BrN5S/c1-36(29-20-38-21-34-29)19-22-17-26-28(18-27(22)33)37(35-30(26)32)31(23-11-5-2-6-12-23,24-13-7-3-8-14-24)25-15-9-4-10-16-25/h2-18,20-21H,19,33H2,1H3. The Kier molecular flexibility index (Phi) is 6.47. The molecule has 0 aliphatic carbocycles. The Morgan fingerprint density at radius 1 is 0.868 bits per heavy atom. The summed E-state index contributed by atoms with van der Waals surface area (Å²) in [6.45, 7) is 0.643. The summed E-state index contributed by atoms with van der Waals surface area (Å²) in [6, 6.07) is 35.8. The second-order valence-corrected chi connectivity index (χ2v) is 10.8. The van der Waals surface area contributed by atoms with E-state index in [2.05, 4.69) is 115 Å². The molecule has 2 heterocycles. The minimum absolute atomic E-state index is 0.643. The molecule has 0 amide bonds. The van der Waals surface area contributed by atoms with Crippen molar-refractivity contribution < 1.29 is 0 Å². The number of fused-ring (bicyclic) bond motifs is 1. The van der Waals surface area contributed by atoms with Crippen molar-refractivity contribution in [2.24, 2.45) is 0 Å². The molecule has 4 aromatic carbocycles. The first-order valence-corrected chi connectivity index (χ1v) is 14.1. The molecule has 5 nitrogen and oxygen atoms in total. The van der Waals surface area contributed by atoms with Crippen LogP contribution < -0.4 is 10.6 Å². The van der Waals surface area contributed by atoms with Crippen molar-refractivity contribution in [2.45, 2.75) is 12.1 Å². The molecular formula is C31H26BrN5S. The van der Waals surface area contributed by atoms with Crippen LogP contribution in [0.4, 0.5) is 11.5 Å². The number of thiazole rings is 1. The van der Waals surface area contributed by atoms with Crippen LogP contribution >= 0.6 is 27.3 Å². The summed E-state index contributed by atoms with van der Waals surface area (Å²) in [7, 11) is 2.03. The normalized spacial score (nSPS) is 11.6. The lowest BCUT2D eigenvalue weighted by molar-refractivity contribution is 0.473. The number of rotatable bonds is 7. The third-order valence-corrected chi connectivity index (χ3v) is 8.17. The van der Waals surface area contributed by atoms with Gasteiger partial charge >= 0.3 is 0 Å². The van der Waals surface area contributed by atoms with Crippen molar-refractivity contribution in [3.8, 4) is 0 Å². The van der Waals surface area contributed by atoms with Gasteiger partial charge in [0.2, 0.25) is 0 Å². The molecule has 0 saturated heterocycles. The fourth-order valence-electron chi connectivity index (χ4n) is 5.21. The number of aromatic nitrogens is 3. The minimum atomic E-state index is -0.723. The summed E-state index contributed by atoms with van der Waals surface area (Å²) >= 11 is 5.38. The van der Waals surface area contributed by atoms with E-state index >= 15 is 0 Å². The predicted molar refractivity (Wildman–Crippen MR) is 161 cm³/mol. The van der Waals surface area contributed by atoms with Gasteiger partial charge in [-0.1, -0.05) is 91.0 Å². The first-order chi connectivity index (χ1) is 18.6. The maximum absolute atomic E-state index is 6.72. The number of hydrogen-bond donors (Lipinski definition) is 1. The van der Waals surface area contributed by atoms with Gasteiger partial charge in [0.05, 0.1) is 11.0 Å². The van der Waals surface area contributed by atoms with Crippen LogP contribution in [-0.4, -0.2) is 21.8 Å². The average Bonchev–Trinajstić information content (AvgIpc) is 3.61. The molecule has 6 aromatic rings. The van der Waals surface area contributed by atoms with E-state index in [-0.39, 0.29) is 0 Å². The SMILES string of the molecule is CN(Cc1cc2c(Br)nn(C(c3ccccc3)(c3ccccc3)c3ccccc3)c2cc1N)c1cscn1. The van der Waals surface area contributed by atoms with Gasteiger partial charge in [0.25, 0.3) is 0 Å². The van der Waals surface area contributed by atoms with Crippen molar-refractivity contribution in [1.82, 2.24) is 14.8 Å². The Morgan fingerprint density at radius 3 is 1.92 bits per heavy atom. The van der Waals surface area contributed by atoms with Gasteiger partial charge in [-0.25, -0.2) is 9.67 Å². The molecule has 6 rings (SSSR count). The van der Waals surface area contributed by atoms with Crippen molar-refractivity contribution in [1.29, 1.82) is 0 Å². The van der Waals surface area contributed by atoms with Gasteiger partial charge < -0.3 is 10.6 Å². The van der Waals surface area contributed by atoms with Crippen LogP contribution in [0.1, 0.15) is 22.3 Å². The van der Waals surface area contributed by atoms with Crippen LogP contribution in [-0.2, 0) is 12.1 Å². The number of hydrogen-bond acceptors (Lipinski definition) is 5. The number of nitrogens with zero attached hydrogens (tertiary/aromatic N) is 4. The van der Waals surface area contributed by atoms with Crippen molar-refractivity contribution in [3.05, 3.63) is 141 Å². The zero-order chi connectivity index (χ0) is 26.1. The van der Waals surface area contributed by atoms with E-state index in [1.54, 1.807) is 11.3 Å². The summed E-state index contributed by atoms with van der Waals surface area (Å²) in [5.74, 6) is 0.931. The summed E-state index contributed by atoms with van der Waals surface area (Å²) in [5.41, 5.74) is 13.9. The highest BCUT2D eigenvalue weighted by Gasteiger charge is 2.40. The van der Waals surface area contributed by atoms with E-state index in [9.17, 15) is 0 Å². The molecule has 0 bridgehead atoms. The molecule has 0 saturated carbocycles. The predicted octanol–water partition coefficient (Wildman–Crippen LogP) is 7.31. The van der Waals surface area contributed by atoms with E-state index < -0.39 is 5.54 Å². The third kappa shape index (κ3) is 4.08. The Morgan fingerprint density at radius 2 is 1.42 bits per heavy atom. The van der Waals surface area contributed by atoms with Crippen molar-refractivity contribution >= 4 is 49.7 Å². The zero-order valence-electron chi connectivity index (χ0n) is 20.8. The monoisotopic (exact) mass is 579 g/mol. The molecule has 7 heteroatoms. The fourth-order valence-corrected chi connectivity index (χ4v) is 6.28. The lowest BCUT2D eigenvalue weighted by atomic mass is 9.77. The van der Waals surface area contributed by atoms with Gasteiger partial charge in [0.15, 0.2) is 0 Å². The van der Waals surface area contributed by atoms with E-state index in [1.807, 2.05) is 36.1 Å². The van der Waals surface area contributed by atoms with Gasteiger partial charge in [-0.05, 0) is 50.3 Å². The average molecular weight is 581 g/mol. The van der Waals surface area contributed by atoms with E-state index in [1.165, 1.54) is 0 Å². The summed E-state index contributed by atoms with van der Waals surface area (Å²) in [5, 5.41) is 8.20. The van der Waals surface area contributed by atoms with Gasteiger partial charge in [0.1, 0.15) is 16.0 Å².